The summed E-state index contributed by atoms with van der Waals surface area (Å²) in [7, 11) is 2.86. The van der Waals surface area contributed by atoms with Gasteiger partial charge in [0.25, 0.3) is 11.1 Å². The van der Waals surface area contributed by atoms with Gasteiger partial charge in [0.05, 0.1) is 11.9 Å². The third-order valence-corrected chi connectivity index (χ3v) is 5.41. The molecule has 2 atom stereocenters. The minimum atomic E-state index is -1.45. The molecule has 0 aliphatic heterocycles. The number of fused-ring (bicyclic) bond motifs is 2. The van der Waals surface area contributed by atoms with E-state index in [2.05, 4.69) is 30.1 Å². The van der Waals surface area contributed by atoms with Gasteiger partial charge in [-0.1, -0.05) is 13.8 Å². The number of carbonyl (C=O) groups excluding carboxylic acids is 2. The molecular formula is C20H20N10Na2O8. The molecule has 40 heavy (non-hydrogen) atoms. The SMILES string of the molecule is CC(C(=O)[O-])c1nn(C)c2nc(N)[nH]c(=O)c2c1=O.CC(C(=O)[O-])c1nn(C)c2nc(N)[nH]c(=O)c2c1=O.[Na+].[Na+]. The Hall–Kier alpha value is -3.42. The number of nitrogens with one attached hydrogen (secondary N) is 2. The molecule has 0 radical (unpaired) electrons. The van der Waals surface area contributed by atoms with Crippen LogP contribution in [0.3, 0.4) is 0 Å². The van der Waals surface area contributed by atoms with Gasteiger partial charge in [-0.25, -0.2) is 9.36 Å². The number of nitrogens with zero attached hydrogens (tertiary/aromatic N) is 6. The first kappa shape index (κ1) is 34.6. The van der Waals surface area contributed by atoms with Gasteiger partial charge < -0.3 is 31.3 Å². The van der Waals surface area contributed by atoms with Gasteiger partial charge in [0.2, 0.25) is 22.8 Å². The Morgan fingerprint density at radius 2 is 1.02 bits per heavy atom. The van der Waals surface area contributed by atoms with E-state index in [4.69, 9.17) is 11.5 Å². The van der Waals surface area contributed by atoms with E-state index in [1.165, 1.54) is 27.9 Å². The Kier molecular flexibility index (Phi) is 11.5. The molecule has 0 bridgehead atoms. The van der Waals surface area contributed by atoms with Crippen LogP contribution in [0.1, 0.15) is 37.1 Å². The number of hydrogen-bond acceptors (Lipinski definition) is 14. The van der Waals surface area contributed by atoms with Gasteiger partial charge in [-0.2, -0.15) is 20.2 Å². The average Bonchev–Trinajstić information content (AvgIpc) is 2.82. The van der Waals surface area contributed by atoms with E-state index in [-0.39, 0.29) is 104 Å². The summed E-state index contributed by atoms with van der Waals surface area (Å²) in [5.74, 6) is -5.70. The van der Waals surface area contributed by atoms with Crippen LogP contribution in [-0.4, -0.2) is 51.4 Å². The van der Waals surface area contributed by atoms with Crippen molar-refractivity contribution in [3.63, 3.8) is 0 Å². The molecule has 20 heteroatoms. The zero-order valence-corrected chi connectivity index (χ0v) is 26.3. The van der Waals surface area contributed by atoms with Gasteiger partial charge in [-0.05, 0) is 0 Å². The van der Waals surface area contributed by atoms with Crippen LogP contribution in [0.2, 0.25) is 0 Å². The van der Waals surface area contributed by atoms with Crippen molar-refractivity contribution in [2.75, 3.05) is 11.5 Å². The van der Waals surface area contributed by atoms with Crippen LogP contribution in [0, 0.1) is 0 Å². The number of anilines is 2. The molecule has 18 nitrogen and oxygen atoms in total. The zero-order chi connectivity index (χ0) is 28.6. The summed E-state index contributed by atoms with van der Waals surface area (Å²) in [5.41, 5.74) is 7.09. The summed E-state index contributed by atoms with van der Waals surface area (Å²) in [5, 5.41) is 28.7. The van der Waals surface area contributed by atoms with Crippen LogP contribution in [0.15, 0.2) is 19.2 Å². The summed E-state index contributed by atoms with van der Waals surface area (Å²) in [6.45, 7) is 2.51. The van der Waals surface area contributed by atoms with Gasteiger partial charge in [-0.15, -0.1) is 0 Å². The molecule has 2 unspecified atom stereocenters. The molecule has 0 saturated carbocycles. The van der Waals surface area contributed by atoms with Gasteiger partial charge >= 0.3 is 59.1 Å². The van der Waals surface area contributed by atoms with Gasteiger partial charge in [0.15, 0.2) is 11.3 Å². The standard InChI is InChI=1S/2C10H11N5O4.2Na/c2*1-3(9(18)19)5-6(16)4-7(15(2)14-5)12-10(11)13-8(4)17;;/h2*3H,1-2H3,(H,18,19)(H3,11,12,13,17);;/q;;2*+1/p-2. The number of carboxylic acid groups (broad SMARTS) is 2. The smallest absolute Gasteiger partial charge is 0.549 e. The van der Waals surface area contributed by atoms with Crippen molar-refractivity contribution in [2.24, 2.45) is 14.1 Å². The molecule has 4 aromatic heterocycles. The molecular weight excluding hydrogens is 554 g/mol. The average molecular weight is 574 g/mol. The van der Waals surface area contributed by atoms with Gasteiger partial charge in [-0.3, -0.25) is 29.1 Å². The van der Waals surface area contributed by atoms with E-state index < -0.39 is 45.8 Å². The second kappa shape index (κ2) is 13.3. The van der Waals surface area contributed by atoms with E-state index in [1.54, 1.807) is 0 Å². The largest absolute Gasteiger partial charge is 1.00 e. The normalized spacial score (nSPS) is 11.9. The number of nitrogen functional groups attached to an aromatic ring is 2. The second-order valence-electron chi connectivity index (χ2n) is 8.06. The van der Waals surface area contributed by atoms with Crippen LogP contribution in [0.5, 0.6) is 0 Å². The maximum atomic E-state index is 12.1. The van der Waals surface area contributed by atoms with Crippen molar-refractivity contribution in [1.29, 1.82) is 0 Å². The van der Waals surface area contributed by atoms with E-state index >= 15 is 0 Å². The van der Waals surface area contributed by atoms with E-state index in [0.29, 0.717) is 0 Å². The number of aliphatic carboxylic acids is 2. The second-order valence-corrected chi connectivity index (χ2v) is 8.06. The maximum Gasteiger partial charge on any atom is 1.00 e. The summed E-state index contributed by atoms with van der Waals surface area (Å²) in [6.07, 6.45) is 0. The number of carbonyl (C=O) groups is 2. The number of hydrogen-bond donors (Lipinski definition) is 4. The fraction of sp³-hybridized carbons (Fsp3) is 0.300. The molecule has 0 aliphatic rings. The van der Waals surface area contributed by atoms with Crippen molar-refractivity contribution in [3.05, 3.63) is 52.5 Å². The van der Waals surface area contributed by atoms with E-state index in [9.17, 15) is 39.0 Å². The Bertz CT molecular complexity index is 1730. The van der Waals surface area contributed by atoms with Crippen molar-refractivity contribution in [3.8, 4) is 0 Å². The quantitative estimate of drug-likeness (QED) is 0.165. The Morgan fingerprint density at radius 3 is 1.30 bits per heavy atom. The van der Waals surface area contributed by atoms with E-state index in [0.717, 1.165) is 9.36 Å². The third kappa shape index (κ3) is 6.65. The minimum Gasteiger partial charge on any atom is -0.549 e. The molecule has 200 valence electrons. The Balaban J connectivity index is 0.000000381. The molecule has 4 rings (SSSR count). The van der Waals surface area contributed by atoms with E-state index in [1.807, 2.05) is 0 Å². The Morgan fingerprint density at radius 1 is 0.725 bits per heavy atom. The minimum absolute atomic E-state index is 0. The number of aryl methyl sites for hydroxylation is 2. The first-order chi connectivity index (χ1) is 17.6. The van der Waals surface area contributed by atoms with Gasteiger partial charge in [0, 0.05) is 25.9 Å². The van der Waals surface area contributed by atoms with Crippen LogP contribution in [0.4, 0.5) is 11.9 Å². The topological polar surface area (TPSA) is 294 Å². The molecule has 0 fully saturated rings. The number of H-pyrrole nitrogens is 2. The number of aromatic amines is 2. The van der Waals surface area contributed by atoms with Crippen LogP contribution < -0.4 is 103 Å². The predicted octanol–water partition coefficient (Wildman–Crippen LogP) is -11.1. The predicted molar refractivity (Wildman–Crippen MR) is 126 cm³/mol. The first-order valence-corrected chi connectivity index (χ1v) is 10.6. The molecule has 4 aromatic rings. The summed E-state index contributed by atoms with van der Waals surface area (Å²) in [6, 6.07) is 0. The van der Waals surface area contributed by atoms with Crippen molar-refractivity contribution >= 4 is 45.9 Å². The number of nitrogens with two attached hydrogens (primary N) is 2. The third-order valence-electron chi connectivity index (χ3n) is 5.41. The molecule has 0 aromatic carbocycles. The van der Waals surface area contributed by atoms with Crippen LogP contribution in [0.25, 0.3) is 22.1 Å². The molecule has 0 amide bonds. The molecule has 0 aliphatic carbocycles. The zero-order valence-electron chi connectivity index (χ0n) is 22.3. The first-order valence-electron chi connectivity index (χ1n) is 10.6. The maximum absolute atomic E-state index is 12.1. The number of rotatable bonds is 4. The molecule has 4 heterocycles. The monoisotopic (exact) mass is 574 g/mol. The fourth-order valence-corrected chi connectivity index (χ4v) is 3.39. The number of aromatic nitrogens is 8. The molecule has 0 saturated heterocycles. The summed E-state index contributed by atoms with van der Waals surface area (Å²) >= 11 is 0. The van der Waals surface area contributed by atoms with Gasteiger partial charge in [0.1, 0.15) is 22.2 Å². The molecule has 6 N–H and O–H groups in total. The van der Waals surface area contributed by atoms with Crippen LogP contribution in [-0.2, 0) is 23.7 Å². The van der Waals surface area contributed by atoms with Crippen molar-refractivity contribution < 1.29 is 78.9 Å². The molecule has 0 spiro atoms. The summed E-state index contributed by atoms with van der Waals surface area (Å²) in [4.78, 5) is 81.3. The van der Waals surface area contributed by atoms with Crippen molar-refractivity contribution in [1.82, 2.24) is 39.5 Å². The van der Waals surface area contributed by atoms with Crippen molar-refractivity contribution in [2.45, 2.75) is 25.7 Å². The Labute approximate surface area is 266 Å². The summed E-state index contributed by atoms with van der Waals surface area (Å²) < 4.78 is 2.27. The number of carboxylic acids is 2. The van der Waals surface area contributed by atoms with Crippen LogP contribution >= 0.6 is 0 Å². The fourth-order valence-electron chi connectivity index (χ4n) is 3.39.